The van der Waals surface area contributed by atoms with E-state index in [1.807, 2.05) is 0 Å². The van der Waals surface area contributed by atoms with E-state index in [0.29, 0.717) is 0 Å². The van der Waals surface area contributed by atoms with E-state index >= 15 is 0 Å². The molecule has 0 radical (unpaired) electrons. The van der Waals surface area contributed by atoms with Gasteiger partial charge >= 0.3 is 0 Å². The summed E-state index contributed by atoms with van der Waals surface area (Å²) in [5, 5.41) is 0. The molecule has 0 N–H and O–H groups in total. The second kappa shape index (κ2) is 8.13. The molecule has 2 heterocycles. The van der Waals surface area contributed by atoms with Crippen LogP contribution in [0.25, 0.3) is 0 Å². The van der Waals surface area contributed by atoms with E-state index in [-0.39, 0.29) is 0 Å². The Kier molecular flexibility index (Phi) is 5.92. The van der Waals surface area contributed by atoms with Crippen LogP contribution in [0.15, 0.2) is 18.2 Å². The van der Waals surface area contributed by atoms with Crippen LogP contribution in [-0.2, 0) is 11.2 Å². The SMILES string of the molecule is Cc1cc(N2CCOCC2)ccc1CCCN1CCN(C)CC1. The Balaban J connectivity index is 1.48. The molecule has 0 aliphatic carbocycles. The van der Waals surface area contributed by atoms with Gasteiger partial charge in [-0.3, -0.25) is 0 Å². The molecule has 1 aromatic carbocycles. The molecule has 0 amide bonds. The topological polar surface area (TPSA) is 19.0 Å². The lowest BCUT2D eigenvalue weighted by Gasteiger charge is -2.32. The minimum absolute atomic E-state index is 0.853. The summed E-state index contributed by atoms with van der Waals surface area (Å²) in [6, 6.07) is 6.99. The molecule has 4 heteroatoms. The van der Waals surface area contributed by atoms with Crippen molar-refractivity contribution in [1.29, 1.82) is 0 Å². The van der Waals surface area contributed by atoms with Crippen LogP contribution in [0, 0.1) is 6.92 Å². The van der Waals surface area contributed by atoms with E-state index in [1.165, 1.54) is 62.4 Å². The van der Waals surface area contributed by atoms with Gasteiger partial charge in [-0.05, 0) is 56.6 Å². The number of likely N-dealkylation sites (N-methyl/N-ethyl adjacent to an activating group) is 1. The number of hydrogen-bond acceptors (Lipinski definition) is 4. The Hall–Kier alpha value is -1.10. The molecular weight excluding hydrogens is 286 g/mol. The van der Waals surface area contributed by atoms with Crippen molar-refractivity contribution in [3.05, 3.63) is 29.3 Å². The maximum absolute atomic E-state index is 5.44. The molecule has 2 fully saturated rings. The van der Waals surface area contributed by atoms with Gasteiger partial charge in [0.05, 0.1) is 13.2 Å². The molecule has 2 aliphatic heterocycles. The van der Waals surface area contributed by atoms with Gasteiger partial charge in [-0.15, -0.1) is 0 Å². The predicted octanol–water partition coefficient (Wildman–Crippen LogP) is 2.01. The second-order valence-electron chi connectivity index (χ2n) is 6.96. The highest BCUT2D eigenvalue weighted by molar-refractivity contribution is 5.51. The van der Waals surface area contributed by atoms with Crippen LogP contribution >= 0.6 is 0 Å². The van der Waals surface area contributed by atoms with Gasteiger partial charge in [0.25, 0.3) is 0 Å². The van der Waals surface area contributed by atoms with E-state index in [2.05, 4.69) is 46.9 Å². The molecule has 0 unspecified atom stereocenters. The van der Waals surface area contributed by atoms with Gasteiger partial charge < -0.3 is 19.4 Å². The smallest absolute Gasteiger partial charge is 0.0642 e. The van der Waals surface area contributed by atoms with E-state index in [1.54, 1.807) is 0 Å². The van der Waals surface area contributed by atoms with Crippen LogP contribution in [0.2, 0.25) is 0 Å². The molecule has 2 aliphatic rings. The third kappa shape index (κ3) is 4.69. The van der Waals surface area contributed by atoms with Crippen LogP contribution in [0.1, 0.15) is 17.5 Å². The van der Waals surface area contributed by atoms with Crippen LogP contribution < -0.4 is 4.90 Å². The van der Waals surface area contributed by atoms with Crippen molar-refractivity contribution in [2.24, 2.45) is 0 Å². The van der Waals surface area contributed by atoms with Crippen molar-refractivity contribution < 1.29 is 4.74 Å². The number of aryl methyl sites for hydroxylation is 2. The zero-order valence-corrected chi connectivity index (χ0v) is 14.8. The zero-order valence-electron chi connectivity index (χ0n) is 14.8. The normalized spacial score (nSPS) is 20.9. The Morgan fingerprint density at radius 1 is 1.00 bits per heavy atom. The third-order valence-electron chi connectivity index (χ3n) is 5.22. The van der Waals surface area contributed by atoms with Crippen molar-refractivity contribution in [3.8, 4) is 0 Å². The fourth-order valence-corrected chi connectivity index (χ4v) is 3.54. The molecule has 0 saturated carbocycles. The fraction of sp³-hybridized carbons (Fsp3) is 0.684. The molecule has 0 bridgehead atoms. The summed E-state index contributed by atoms with van der Waals surface area (Å²) in [6.07, 6.45) is 2.46. The maximum atomic E-state index is 5.44. The first-order chi connectivity index (χ1) is 11.2. The average Bonchev–Trinajstić information content (AvgIpc) is 2.59. The Labute approximate surface area is 141 Å². The molecule has 0 aromatic heterocycles. The molecule has 23 heavy (non-hydrogen) atoms. The molecular formula is C19H31N3O. The van der Waals surface area contributed by atoms with E-state index < -0.39 is 0 Å². The second-order valence-corrected chi connectivity index (χ2v) is 6.96. The van der Waals surface area contributed by atoms with Crippen molar-refractivity contribution in [3.63, 3.8) is 0 Å². The first-order valence-electron chi connectivity index (χ1n) is 9.05. The Morgan fingerprint density at radius 2 is 1.74 bits per heavy atom. The fourth-order valence-electron chi connectivity index (χ4n) is 3.54. The molecule has 1 aromatic rings. The summed E-state index contributed by atoms with van der Waals surface area (Å²) in [5.74, 6) is 0. The van der Waals surface area contributed by atoms with Crippen molar-refractivity contribution >= 4 is 5.69 Å². The highest BCUT2D eigenvalue weighted by Crippen LogP contribution is 2.21. The number of hydrogen-bond donors (Lipinski definition) is 0. The number of anilines is 1. The molecule has 0 atom stereocenters. The first kappa shape index (κ1) is 16.7. The highest BCUT2D eigenvalue weighted by atomic mass is 16.5. The Morgan fingerprint density at radius 3 is 2.43 bits per heavy atom. The number of piperazine rings is 1. The standard InChI is InChI=1S/C19H31N3O/c1-17-16-19(22-12-14-23-15-13-22)6-5-18(17)4-3-7-21-10-8-20(2)9-11-21/h5-6,16H,3-4,7-15H2,1-2H3. The van der Waals surface area contributed by atoms with Crippen molar-refractivity contribution in [2.75, 3.05) is 71.0 Å². The van der Waals surface area contributed by atoms with Gasteiger partial charge in [0, 0.05) is 45.0 Å². The molecule has 3 rings (SSSR count). The largest absolute Gasteiger partial charge is 0.378 e. The average molecular weight is 317 g/mol. The zero-order chi connectivity index (χ0) is 16.1. The quantitative estimate of drug-likeness (QED) is 0.827. The van der Waals surface area contributed by atoms with E-state index in [9.17, 15) is 0 Å². The number of morpholine rings is 1. The summed E-state index contributed by atoms with van der Waals surface area (Å²) in [4.78, 5) is 7.47. The lowest BCUT2D eigenvalue weighted by molar-refractivity contribution is 0.122. The minimum atomic E-state index is 0.853. The summed E-state index contributed by atoms with van der Waals surface area (Å²) in [7, 11) is 2.22. The molecule has 0 spiro atoms. The van der Waals surface area contributed by atoms with Gasteiger partial charge in [0.1, 0.15) is 0 Å². The van der Waals surface area contributed by atoms with Crippen molar-refractivity contribution in [1.82, 2.24) is 9.80 Å². The van der Waals surface area contributed by atoms with Crippen LogP contribution in [0.3, 0.4) is 0 Å². The number of benzene rings is 1. The molecule has 4 nitrogen and oxygen atoms in total. The molecule has 128 valence electrons. The van der Waals surface area contributed by atoms with Crippen LogP contribution in [-0.4, -0.2) is 75.9 Å². The number of ether oxygens (including phenoxy) is 1. The van der Waals surface area contributed by atoms with Gasteiger partial charge in [0.15, 0.2) is 0 Å². The van der Waals surface area contributed by atoms with Crippen LogP contribution in [0.4, 0.5) is 5.69 Å². The minimum Gasteiger partial charge on any atom is -0.378 e. The number of rotatable bonds is 5. The van der Waals surface area contributed by atoms with Gasteiger partial charge in [-0.25, -0.2) is 0 Å². The lowest BCUT2D eigenvalue weighted by atomic mass is 10.0. The summed E-state index contributed by atoms with van der Waals surface area (Å²) >= 11 is 0. The first-order valence-corrected chi connectivity index (χ1v) is 9.05. The van der Waals surface area contributed by atoms with Gasteiger partial charge in [-0.1, -0.05) is 6.07 Å². The summed E-state index contributed by atoms with van der Waals surface area (Å²) < 4.78 is 5.44. The van der Waals surface area contributed by atoms with Gasteiger partial charge in [0.2, 0.25) is 0 Å². The number of nitrogens with zero attached hydrogens (tertiary/aromatic N) is 3. The predicted molar refractivity (Wildman–Crippen MR) is 96.5 cm³/mol. The lowest BCUT2D eigenvalue weighted by Crippen LogP contribution is -2.44. The summed E-state index contributed by atoms with van der Waals surface area (Å²) in [6.45, 7) is 12.1. The molecule has 2 saturated heterocycles. The maximum Gasteiger partial charge on any atom is 0.0642 e. The van der Waals surface area contributed by atoms with Crippen molar-refractivity contribution in [2.45, 2.75) is 19.8 Å². The highest BCUT2D eigenvalue weighted by Gasteiger charge is 2.14. The van der Waals surface area contributed by atoms with E-state index in [4.69, 9.17) is 4.74 Å². The van der Waals surface area contributed by atoms with E-state index in [0.717, 1.165) is 26.3 Å². The Bertz CT molecular complexity index is 491. The van der Waals surface area contributed by atoms with Gasteiger partial charge in [-0.2, -0.15) is 0 Å². The monoisotopic (exact) mass is 317 g/mol. The third-order valence-corrected chi connectivity index (χ3v) is 5.22. The summed E-state index contributed by atoms with van der Waals surface area (Å²) in [5.41, 5.74) is 4.30. The van der Waals surface area contributed by atoms with Crippen LogP contribution in [0.5, 0.6) is 0 Å².